The molecule has 0 bridgehead atoms. The Hall–Kier alpha value is -1.87. The van der Waals surface area contributed by atoms with Crippen molar-refractivity contribution in [1.29, 1.82) is 0 Å². The number of benzene rings is 1. The molecule has 0 aromatic heterocycles. The molecular formula is C17H22N2O. The van der Waals surface area contributed by atoms with E-state index in [9.17, 15) is 4.79 Å². The van der Waals surface area contributed by atoms with Crippen LogP contribution in [0.25, 0.3) is 0 Å². The molecule has 1 aliphatic carbocycles. The summed E-state index contributed by atoms with van der Waals surface area (Å²) in [6.07, 6.45) is 9.85. The maximum Gasteiger partial charge on any atom is 0.237 e. The molecule has 1 amide bonds. The van der Waals surface area contributed by atoms with Crippen molar-refractivity contribution in [3.05, 3.63) is 60.2 Å². The van der Waals surface area contributed by atoms with Gasteiger partial charge in [0.1, 0.15) is 0 Å². The monoisotopic (exact) mass is 270 g/mol. The zero-order valence-corrected chi connectivity index (χ0v) is 11.8. The van der Waals surface area contributed by atoms with Gasteiger partial charge in [0.15, 0.2) is 0 Å². The number of carbonyl (C=O) groups is 1. The van der Waals surface area contributed by atoms with Crippen molar-refractivity contribution in [3.8, 4) is 0 Å². The smallest absolute Gasteiger partial charge is 0.237 e. The molecule has 106 valence electrons. The van der Waals surface area contributed by atoms with E-state index in [-0.39, 0.29) is 11.9 Å². The first kappa shape index (κ1) is 14.5. The van der Waals surface area contributed by atoms with Gasteiger partial charge in [-0.15, -0.1) is 0 Å². The van der Waals surface area contributed by atoms with Crippen molar-refractivity contribution in [2.24, 2.45) is 11.7 Å². The van der Waals surface area contributed by atoms with Gasteiger partial charge in [0.2, 0.25) is 5.91 Å². The number of rotatable bonds is 5. The highest BCUT2D eigenvalue weighted by Crippen LogP contribution is 2.15. The highest BCUT2D eigenvalue weighted by Gasteiger charge is 2.20. The van der Waals surface area contributed by atoms with Crippen molar-refractivity contribution in [1.82, 2.24) is 5.32 Å². The van der Waals surface area contributed by atoms with Gasteiger partial charge in [-0.3, -0.25) is 4.79 Å². The highest BCUT2D eigenvalue weighted by atomic mass is 16.2. The quantitative estimate of drug-likeness (QED) is 0.861. The molecule has 20 heavy (non-hydrogen) atoms. The summed E-state index contributed by atoms with van der Waals surface area (Å²) in [6.45, 7) is 2.03. The molecule has 1 aromatic rings. The summed E-state index contributed by atoms with van der Waals surface area (Å²) in [5, 5.41) is 3.02. The topological polar surface area (TPSA) is 55.1 Å². The molecule has 0 aliphatic heterocycles. The molecular weight excluding hydrogens is 248 g/mol. The average Bonchev–Trinajstić information content (AvgIpc) is 2.49. The van der Waals surface area contributed by atoms with Crippen LogP contribution >= 0.6 is 0 Å². The molecule has 0 heterocycles. The lowest BCUT2D eigenvalue weighted by molar-refractivity contribution is -0.123. The van der Waals surface area contributed by atoms with Crippen molar-refractivity contribution in [3.63, 3.8) is 0 Å². The van der Waals surface area contributed by atoms with E-state index in [0.29, 0.717) is 12.3 Å². The van der Waals surface area contributed by atoms with Gasteiger partial charge in [0, 0.05) is 12.0 Å². The van der Waals surface area contributed by atoms with Gasteiger partial charge in [-0.25, -0.2) is 0 Å². The fourth-order valence-corrected chi connectivity index (χ4v) is 2.37. The molecule has 0 fully saturated rings. The van der Waals surface area contributed by atoms with Crippen LogP contribution in [0.1, 0.15) is 18.9 Å². The van der Waals surface area contributed by atoms with Crippen LogP contribution in [-0.2, 0) is 11.2 Å². The molecule has 3 heteroatoms. The van der Waals surface area contributed by atoms with Gasteiger partial charge in [0.05, 0.1) is 6.04 Å². The average molecular weight is 270 g/mol. The number of nitrogens with one attached hydrogen (secondary N) is 1. The molecule has 0 radical (unpaired) electrons. The molecule has 2 rings (SSSR count). The lowest BCUT2D eigenvalue weighted by Gasteiger charge is -2.24. The minimum absolute atomic E-state index is 0.0793. The summed E-state index contributed by atoms with van der Waals surface area (Å²) >= 11 is 0. The second-order valence-corrected chi connectivity index (χ2v) is 5.31. The lowest BCUT2D eigenvalue weighted by Crippen LogP contribution is -2.47. The Kier molecular flexibility index (Phi) is 5.13. The molecule has 0 spiro atoms. The predicted octanol–water partition coefficient (Wildman–Crippen LogP) is 2.19. The van der Waals surface area contributed by atoms with Crippen molar-refractivity contribution < 1.29 is 4.79 Å². The third-order valence-corrected chi connectivity index (χ3v) is 3.66. The maximum atomic E-state index is 12.1. The van der Waals surface area contributed by atoms with Crippen LogP contribution in [0.5, 0.6) is 0 Å². The first-order chi connectivity index (χ1) is 9.66. The van der Waals surface area contributed by atoms with Crippen LogP contribution in [0.3, 0.4) is 0 Å². The number of carbonyl (C=O) groups excluding carboxylic acids is 1. The third-order valence-electron chi connectivity index (χ3n) is 3.66. The van der Waals surface area contributed by atoms with Crippen LogP contribution < -0.4 is 11.1 Å². The second kappa shape index (κ2) is 7.06. The number of amides is 1. The number of allylic oxidation sites excluding steroid dienone is 3. The van der Waals surface area contributed by atoms with E-state index in [0.717, 1.165) is 12.0 Å². The van der Waals surface area contributed by atoms with E-state index in [2.05, 4.69) is 17.5 Å². The predicted molar refractivity (Wildman–Crippen MR) is 82.1 cm³/mol. The molecule has 3 atom stereocenters. The highest BCUT2D eigenvalue weighted by molar-refractivity contribution is 5.82. The minimum atomic E-state index is -0.497. The summed E-state index contributed by atoms with van der Waals surface area (Å²) < 4.78 is 0. The van der Waals surface area contributed by atoms with Gasteiger partial charge in [-0.1, -0.05) is 54.6 Å². The van der Waals surface area contributed by atoms with E-state index in [1.165, 1.54) is 0 Å². The molecule has 1 aromatic carbocycles. The van der Waals surface area contributed by atoms with Crippen molar-refractivity contribution in [2.75, 3.05) is 0 Å². The van der Waals surface area contributed by atoms with Gasteiger partial charge in [0.25, 0.3) is 0 Å². The molecule has 1 unspecified atom stereocenters. The Labute approximate surface area is 120 Å². The SMILES string of the molecule is C[C@@H](NC(=O)[C@H](N)Cc1ccccc1)C1C=CC=CC1. The molecule has 1 aliphatic rings. The van der Waals surface area contributed by atoms with E-state index in [1.807, 2.05) is 49.4 Å². The minimum Gasteiger partial charge on any atom is -0.352 e. The Balaban J connectivity index is 1.84. The van der Waals surface area contributed by atoms with Crippen LogP contribution in [0, 0.1) is 5.92 Å². The van der Waals surface area contributed by atoms with E-state index < -0.39 is 6.04 Å². The fraction of sp³-hybridized carbons (Fsp3) is 0.353. The van der Waals surface area contributed by atoms with Crippen LogP contribution in [-0.4, -0.2) is 18.0 Å². The van der Waals surface area contributed by atoms with E-state index in [1.54, 1.807) is 0 Å². The van der Waals surface area contributed by atoms with Gasteiger partial charge >= 0.3 is 0 Å². The lowest BCUT2D eigenvalue weighted by atomic mass is 9.93. The Morgan fingerprint density at radius 3 is 2.75 bits per heavy atom. The summed E-state index contributed by atoms with van der Waals surface area (Å²) in [5.41, 5.74) is 7.07. The van der Waals surface area contributed by atoms with Gasteiger partial charge in [-0.2, -0.15) is 0 Å². The first-order valence-electron chi connectivity index (χ1n) is 7.10. The van der Waals surface area contributed by atoms with Crippen LogP contribution in [0.15, 0.2) is 54.6 Å². The van der Waals surface area contributed by atoms with Gasteiger partial charge in [-0.05, 0) is 25.3 Å². The molecule has 3 nitrogen and oxygen atoms in total. The van der Waals surface area contributed by atoms with Crippen LogP contribution in [0.2, 0.25) is 0 Å². The number of hydrogen-bond acceptors (Lipinski definition) is 2. The zero-order valence-electron chi connectivity index (χ0n) is 11.8. The van der Waals surface area contributed by atoms with E-state index >= 15 is 0 Å². The van der Waals surface area contributed by atoms with Crippen LogP contribution in [0.4, 0.5) is 0 Å². The normalized spacial score (nSPS) is 20.4. The van der Waals surface area contributed by atoms with Crippen molar-refractivity contribution in [2.45, 2.75) is 31.8 Å². The Morgan fingerprint density at radius 1 is 1.35 bits per heavy atom. The molecule has 0 saturated heterocycles. The van der Waals surface area contributed by atoms with Gasteiger partial charge < -0.3 is 11.1 Å². The number of hydrogen-bond donors (Lipinski definition) is 2. The first-order valence-corrected chi connectivity index (χ1v) is 7.10. The Bertz CT molecular complexity index is 493. The maximum absolute atomic E-state index is 12.1. The Morgan fingerprint density at radius 2 is 2.10 bits per heavy atom. The molecule has 3 N–H and O–H groups in total. The molecule has 0 saturated carbocycles. The summed E-state index contributed by atoms with van der Waals surface area (Å²) in [5.74, 6) is 0.275. The van der Waals surface area contributed by atoms with Crippen molar-refractivity contribution >= 4 is 5.91 Å². The van der Waals surface area contributed by atoms with E-state index in [4.69, 9.17) is 5.73 Å². The second-order valence-electron chi connectivity index (χ2n) is 5.31. The summed E-state index contributed by atoms with van der Waals surface area (Å²) in [4.78, 5) is 12.1. The fourth-order valence-electron chi connectivity index (χ4n) is 2.37. The standard InChI is InChI=1S/C17H22N2O/c1-13(15-10-6-3-7-11-15)19-17(20)16(18)12-14-8-4-2-5-9-14/h2-10,13,15-16H,11-12,18H2,1H3,(H,19,20)/t13-,15?,16-/m1/s1. The zero-order chi connectivity index (χ0) is 14.4. The summed E-state index contributed by atoms with van der Waals surface area (Å²) in [6, 6.07) is 9.47. The number of nitrogens with two attached hydrogens (primary N) is 1. The third kappa shape index (κ3) is 4.07. The summed E-state index contributed by atoms with van der Waals surface area (Å²) in [7, 11) is 0. The largest absolute Gasteiger partial charge is 0.352 e.